The lowest BCUT2D eigenvalue weighted by molar-refractivity contribution is 0.888. The average Bonchev–Trinajstić information content (AvgIpc) is 2.64. The summed E-state index contributed by atoms with van der Waals surface area (Å²) in [5, 5.41) is 1.62. The van der Waals surface area contributed by atoms with Crippen LogP contribution in [0.5, 0.6) is 0 Å². The number of halogens is 2. The molecule has 0 radical (unpaired) electrons. The fraction of sp³-hybridized carbons (Fsp3) is 0.250. The van der Waals surface area contributed by atoms with Crippen LogP contribution in [0.15, 0.2) is 18.2 Å². The smallest absolute Gasteiger partial charge is 0.180 e. The Morgan fingerprint density at radius 2 is 2.00 bits per heavy atom. The minimum absolute atomic E-state index is 0.356. The van der Waals surface area contributed by atoms with E-state index in [2.05, 4.69) is 18.8 Å². The minimum atomic E-state index is 0.356. The van der Waals surface area contributed by atoms with Crippen LogP contribution in [0.1, 0.15) is 24.6 Å². The second-order valence-electron chi connectivity index (χ2n) is 4.02. The first kappa shape index (κ1) is 12.7. The number of nitrogen functional groups attached to an aromatic ring is 1. The molecule has 2 nitrogen and oxygen atoms in total. The third-order valence-corrected chi connectivity index (χ3v) is 4.41. The molecule has 0 spiro atoms. The van der Waals surface area contributed by atoms with Gasteiger partial charge in [-0.25, -0.2) is 4.98 Å². The van der Waals surface area contributed by atoms with Gasteiger partial charge < -0.3 is 5.73 Å². The van der Waals surface area contributed by atoms with Crippen molar-refractivity contribution in [2.75, 3.05) is 5.73 Å². The van der Waals surface area contributed by atoms with Gasteiger partial charge in [0.2, 0.25) is 0 Å². The number of anilines is 1. The third-order valence-electron chi connectivity index (χ3n) is 2.40. The predicted molar refractivity (Wildman–Crippen MR) is 76.1 cm³/mol. The van der Waals surface area contributed by atoms with Crippen molar-refractivity contribution in [3.63, 3.8) is 0 Å². The molecule has 0 aliphatic rings. The Kier molecular flexibility index (Phi) is 3.61. The lowest BCUT2D eigenvalue weighted by Crippen LogP contribution is -1.89. The number of benzene rings is 1. The Bertz CT molecular complexity index is 549. The van der Waals surface area contributed by atoms with Crippen LogP contribution in [0.2, 0.25) is 10.0 Å². The summed E-state index contributed by atoms with van der Waals surface area (Å²) in [4.78, 5) is 5.49. The van der Waals surface area contributed by atoms with Crippen LogP contribution < -0.4 is 5.73 Å². The van der Waals surface area contributed by atoms with Crippen LogP contribution in [0, 0.1) is 0 Å². The number of rotatable bonds is 2. The van der Waals surface area contributed by atoms with Crippen LogP contribution in [0.4, 0.5) is 5.13 Å². The molecule has 2 N–H and O–H groups in total. The Hall–Kier alpha value is -0.770. The summed E-state index contributed by atoms with van der Waals surface area (Å²) in [7, 11) is 0. The van der Waals surface area contributed by atoms with E-state index in [1.165, 1.54) is 11.3 Å². The molecule has 90 valence electrons. The first-order valence-electron chi connectivity index (χ1n) is 5.21. The fourth-order valence-corrected chi connectivity index (χ4v) is 2.86. The van der Waals surface area contributed by atoms with Gasteiger partial charge in [-0.1, -0.05) is 49.2 Å². The standard InChI is InChI=1S/C12H12Cl2N2S/c1-6(2)11-10(16-12(15)17-11)7-4-3-5-8(13)9(7)14/h3-6H,1-2H3,(H2,15,16). The van der Waals surface area contributed by atoms with Crippen LogP contribution >= 0.6 is 34.5 Å². The molecule has 0 saturated carbocycles. The van der Waals surface area contributed by atoms with E-state index in [1.54, 1.807) is 6.07 Å². The molecule has 17 heavy (non-hydrogen) atoms. The molecule has 0 aliphatic carbocycles. The zero-order valence-corrected chi connectivity index (χ0v) is 11.8. The molecule has 1 heterocycles. The zero-order chi connectivity index (χ0) is 12.6. The molecular formula is C12H12Cl2N2S. The Labute approximate surface area is 114 Å². The lowest BCUT2D eigenvalue weighted by atomic mass is 10.1. The molecule has 1 aromatic heterocycles. The number of hydrogen-bond donors (Lipinski definition) is 1. The van der Waals surface area contributed by atoms with E-state index in [-0.39, 0.29) is 0 Å². The molecule has 0 fully saturated rings. The summed E-state index contributed by atoms with van der Waals surface area (Å²) in [5.41, 5.74) is 7.46. The molecule has 0 amide bonds. The third kappa shape index (κ3) is 2.41. The largest absolute Gasteiger partial charge is 0.375 e. The number of nitrogens with two attached hydrogens (primary N) is 1. The second kappa shape index (κ2) is 4.84. The van der Waals surface area contributed by atoms with Crippen LogP contribution in [0.25, 0.3) is 11.3 Å². The summed E-state index contributed by atoms with van der Waals surface area (Å²) in [5.74, 6) is 0.356. The molecule has 0 atom stereocenters. The summed E-state index contributed by atoms with van der Waals surface area (Å²) in [6.07, 6.45) is 0. The first-order valence-corrected chi connectivity index (χ1v) is 6.78. The number of nitrogens with zero attached hydrogens (tertiary/aromatic N) is 1. The predicted octanol–water partition coefficient (Wildman–Crippen LogP) is 4.82. The van der Waals surface area contributed by atoms with Gasteiger partial charge in [-0.2, -0.15) is 0 Å². The van der Waals surface area contributed by atoms with E-state index in [0.717, 1.165) is 16.1 Å². The molecule has 0 bridgehead atoms. The molecule has 5 heteroatoms. The maximum atomic E-state index is 6.21. The van der Waals surface area contributed by atoms with Crippen molar-refractivity contribution in [2.45, 2.75) is 19.8 Å². The summed E-state index contributed by atoms with van der Waals surface area (Å²) < 4.78 is 0. The summed E-state index contributed by atoms with van der Waals surface area (Å²) >= 11 is 13.7. The molecular weight excluding hydrogens is 275 g/mol. The van der Waals surface area contributed by atoms with Crippen LogP contribution in [0.3, 0.4) is 0 Å². The van der Waals surface area contributed by atoms with Crippen molar-refractivity contribution in [3.05, 3.63) is 33.1 Å². The molecule has 2 rings (SSSR count). The van der Waals surface area contributed by atoms with Gasteiger partial charge in [0.1, 0.15) is 0 Å². The van der Waals surface area contributed by atoms with E-state index in [9.17, 15) is 0 Å². The van der Waals surface area contributed by atoms with Gasteiger partial charge in [-0.15, -0.1) is 11.3 Å². The minimum Gasteiger partial charge on any atom is -0.375 e. The molecule has 1 aromatic carbocycles. The van der Waals surface area contributed by atoms with E-state index in [0.29, 0.717) is 21.1 Å². The highest BCUT2D eigenvalue weighted by atomic mass is 35.5. The van der Waals surface area contributed by atoms with Crippen LogP contribution in [-0.2, 0) is 0 Å². The SMILES string of the molecule is CC(C)c1sc(N)nc1-c1cccc(Cl)c1Cl. The molecule has 0 unspecified atom stereocenters. The first-order chi connectivity index (χ1) is 8.00. The quantitative estimate of drug-likeness (QED) is 0.859. The van der Waals surface area contributed by atoms with Crippen molar-refractivity contribution in [1.29, 1.82) is 0 Å². The monoisotopic (exact) mass is 286 g/mol. The van der Waals surface area contributed by atoms with Gasteiger partial charge in [0.15, 0.2) is 5.13 Å². The van der Waals surface area contributed by atoms with Gasteiger partial charge >= 0.3 is 0 Å². The number of aromatic nitrogens is 1. The van der Waals surface area contributed by atoms with Crippen LogP contribution in [-0.4, -0.2) is 4.98 Å². The highest BCUT2D eigenvalue weighted by Gasteiger charge is 2.17. The maximum Gasteiger partial charge on any atom is 0.180 e. The lowest BCUT2D eigenvalue weighted by Gasteiger charge is -2.07. The van der Waals surface area contributed by atoms with Gasteiger partial charge in [-0.05, 0) is 12.0 Å². The highest BCUT2D eigenvalue weighted by Crippen LogP contribution is 2.40. The normalized spacial score (nSPS) is 11.1. The Morgan fingerprint density at radius 3 is 2.65 bits per heavy atom. The Balaban J connectivity index is 2.64. The van der Waals surface area contributed by atoms with Crippen molar-refractivity contribution in [1.82, 2.24) is 4.98 Å². The summed E-state index contributed by atoms with van der Waals surface area (Å²) in [6, 6.07) is 5.54. The van der Waals surface area contributed by atoms with Gasteiger partial charge in [0, 0.05) is 10.4 Å². The molecule has 2 aromatic rings. The van der Waals surface area contributed by atoms with E-state index in [1.807, 2.05) is 12.1 Å². The van der Waals surface area contributed by atoms with Crippen molar-refractivity contribution >= 4 is 39.7 Å². The molecule has 0 saturated heterocycles. The summed E-state index contributed by atoms with van der Waals surface area (Å²) in [6.45, 7) is 4.21. The fourth-order valence-electron chi connectivity index (χ4n) is 1.62. The average molecular weight is 287 g/mol. The van der Waals surface area contributed by atoms with Gasteiger partial charge in [-0.3, -0.25) is 0 Å². The maximum absolute atomic E-state index is 6.21. The van der Waals surface area contributed by atoms with Crippen molar-refractivity contribution in [3.8, 4) is 11.3 Å². The number of thiazole rings is 1. The Morgan fingerprint density at radius 1 is 1.29 bits per heavy atom. The highest BCUT2D eigenvalue weighted by molar-refractivity contribution is 7.15. The number of hydrogen-bond acceptors (Lipinski definition) is 3. The van der Waals surface area contributed by atoms with E-state index in [4.69, 9.17) is 28.9 Å². The van der Waals surface area contributed by atoms with Gasteiger partial charge in [0.05, 0.1) is 15.7 Å². The van der Waals surface area contributed by atoms with Gasteiger partial charge in [0.25, 0.3) is 0 Å². The second-order valence-corrected chi connectivity index (χ2v) is 5.87. The van der Waals surface area contributed by atoms with Crippen molar-refractivity contribution < 1.29 is 0 Å². The molecule has 0 aliphatic heterocycles. The topological polar surface area (TPSA) is 38.9 Å². The van der Waals surface area contributed by atoms with E-state index < -0.39 is 0 Å². The zero-order valence-electron chi connectivity index (χ0n) is 9.50. The van der Waals surface area contributed by atoms with E-state index >= 15 is 0 Å². The van der Waals surface area contributed by atoms with Crippen molar-refractivity contribution in [2.24, 2.45) is 0 Å².